The Bertz CT molecular complexity index is 915. The summed E-state index contributed by atoms with van der Waals surface area (Å²) < 4.78 is 1.61. The van der Waals surface area contributed by atoms with Crippen molar-refractivity contribution in [3.8, 4) is 5.69 Å². The number of nitrogens with one attached hydrogen (secondary N) is 1. The van der Waals surface area contributed by atoms with E-state index in [9.17, 15) is 4.79 Å². The fraction of sp³-hybridized carbons (Fsp3) is 0.318. The summed E-state index contributed by atoms with van der Waals surface area (Å²) in [6.07, 6.45) is 5.54. The number of aromatic nitrogens is 3. The highest BCUT2D eigenvalue weighted by Crippen LogP contribution is 2.16. The Balaban J connectivity index is 1.39. The minimum atomic E-state index is -0.213. The average Bonchev–Trinajstić information content (AvgIpc) is 3.25. The van der Waals surface area contributed by atoms with Crippen molar-refractivity contribution in [1.29, 1.82) is 0 Å². The van der Waals surface area contributed by atoms with Crippen LogP contribution in [0.5, 0.6) is 0 Å². The van der Waals surface area contributed by atoms with Crippen LogP contribution in [0.2, 0.25) is 0 Å². The van der Waals surface area contributed by atoms with Gasteiger partial charge in [-0.05, 0) is 49.2 Å². The van der Waals surface area contributed by atoms with Crippen molar-refractivity contribution in [1.82, 2.24) is 25.2 Å². The second-order valence-corrected chi connectivity index (χ2v) is 7.17. The van der Waals surface area contributed by atoms with Gasteiger partial charge in [0.2, 0.25) is 0 Å². The molecule has 1 aromatic heterocycles. The number of piperidine rings is 1. The predicted molar refractivity (Wildman–Crippen MR) is 108 cm³/mol. The second kappa shape index (κ2) is 8.80. The zero-order chi connectivity index (χ0) is 19.2. The quantitative estimate of drug-likeness (QED) is 0.719. The van der Waals surface area contributed by atoms with E-state index in [1.807, 2.05) is 36.4 Å². The largest absolute Gasteiger partial charge is 0.347 e. The molecular weight excluding hydrogens is 350 g/mol. The van der Waals surface area contributed by atoms with Gasteiger partial charge in [0.25, 0.3) is 5.91 Å². The number of rotatable bonds is 6. The molecule has 1 amide bonds. The van der Waals surface area contributed by atoms with Crippen molar-refractivity contribution in [2.24, 2.45) is 0 Å². The van der Waals surface area contributed by atoms with Crippen LogP contribution in [0.15, 0.2) is 60.8 Å². The van der Waals surface area contributed by atoms with Crippen LogP contribution in [0.3, 0.4) is 0 Å². The zero-order valence-electron chi connectivity index (χ0n) is 15.9. The van der Waals surface area contributed by atoms with E-state index in [-0.39, 0.29) is 5.91 Å². The molecule has 28 heavy (non-hydrogen) atoms. The molecule has 3 aromatic rings. The van der Waals surface area contributed by atoms with Gasteiger partial charge < -0.3 is 5.32 Å². The third-order valence-corrected chi connectivity index (χ3v) is 5.15. The molecule has 0 radical (unpaired) electrons. The van der Waals surface area contributed by atoms with E-state index in [4.69, 9.17) is 0 Å². The van der Waals surface area contributed by atoms with Gasteiger partial charge in [-0.2, -0.15) is 0 Å². The predicted octanol–water partition coefficient (Wildman–Crippen LogP) is 3.18. The summed E-state index contributed by atoms with van der Waals surface area (Å²) in [4.78, 5) is 15.0. The van der Waals surface area contributed by atoms with E-state index in [0.717, 1.165) is 30.9 Å². The lowest BCUT2D eigenvalue weighted by atomic mass is 10.0. The van der Waals surface area contributed by atoms with Gasteiger partial charge in [0.1, 0.15) is 0 Å². The molecule has 6 nitrogen and oxygen atoms in total. The number of nitrogens with zero attached hydrogens (tertiary/aromatic N) is 4. The Morgan fingerprint density at radius 2 is 1.64 bits per heavy atom. The summed E-state index contributed by atoms with van der Waals surface area (Å²) in [5, 5.41) is 11.1. The van der Waals surface area contributed by atoms with Crippen molar-refractivity contribution in [2.75, 3.05) is 13.1 Å². The molecule has 1 N–H and O–H groups in total. The second-order valence-electron chi connectivity index (χ2n) is 7.17. The lowest BCUT2D eigenvalue weighted by Crippen LogP contribution is -2.30. The molecule has 1 aliphatic heterocycles. The van der Waals surface area contributed by atoms with Gasteiger partial charge in [-0.3, -0.25) is 9.69 Å². The number of likely N-dealkylation sites (tertiary alicyclic amines) is 1. The Kier molecular flexibility index (Phi) is 5.77. The van der Waals surface area contributed by atoms with Crippen LogP contribution >= 0.6 is 0 Å². The minimum Gasteiger partial charge on any atom is -0.347 e. The Morgan fingerprint density at radius 3 is 2.43 bits per heavy atom. The van der Waals surface area contributed by atoms with Crippen LogP contribution in [-0.2, 0) is 13.1 Å². The molecule has 0 unspecified atom stereocenters. The first-order valence-electron chi connectivity index (χ1n) is 9.85. The van der Waals surface area contributed by atoms with Gasteiger partial charge >= 0.3 is 0 Å². The molecule has 0 spiro atoms. The third-order valence-electron chi connectivity index (χ3n) is 5.15. The van der Waals surface area contributed by atoms with Crippen molar-refractivity contribution >= 4 is 5.91 Å². The molecule has 0 atom stereocenters. The lowest BCUT2D eigenvalue weighted by molar-refractivity contribution is 0.0945. The number of hydrogen-bond donors (Lipinski definition) is 1. The maximum Gasteiger partial charge on any atom is 0.273 e. The molecule has 1 fully saturated rings. The molecule has 2 heterocycles. The molecule has 0 saturated carbocycles. The molecular formula is C22H25N5O. The Morgan fingerprint density at radius 1 is 0.929 bits per heavy atom. The maximum absolute atomic E-state index is 12.5. The van der Waals surface area contributed by atoms with Crippen molar-refractivity contribution in [3.63, 3.8) is 0 Å². The maximum atomic E-state index is 12.5. The number of carbonyl (C=O) groups excluding carboxylic acids is 1. The van der Waals surface area contributed by atoms with Crippen molar-refractivity contribution < 1.29 is 4.79 Å². The average molecular weight is 375 g/mol. The molecule has 0 bridgehead atoms. The molecule has 6 heteroatoms. The summed E-state index contributed by atoms with van der Waals surface area (Å²) in [5.41, 5.74) is 3.62. The number of amides is 1. The summed E-state index contributed by atoms with van der Waals surface area (Å²) in [7, 11) is 0. The van der Waals surface area contributed by atoms with E-state index in [2.05, 4.69) is 38.7 Å². The number of benzene rings is 2. The fourth-order valence-corrected chi connectivity index (χ4v) is 3.58. The highest BCUT2D eigenvalue weighted by molar-refractivity contribution is 5.91. The highest BCUT2D eigenvalue weighted by atomic mass is 16.2. The summed E-state index contributed by atoms with van der Waals surface area (Å²) in [5.74, 6) is -0.213. The SMILES string of the molecule is O=C(NCc1ccccc1CN1CCCCC1)c1cn(-c2ccccc2)nn1. The first-order valence-corrected chi connectivity index (χ1v) is 9.85. The lowest BCUT2D eigenvalue weighted by Gasteiger charge is -2.27. The van der Waals surface area contributed by atoms with Crippen LogP contribution in [0.1, 0.15) is 40.9 Å². The minimum absolute atomic E-state index is 0.213. The monoisotopic (exact) mass is 375 g/mol. The summed E-state index contributed by atoms with van der Waals surface area (Å²) in [6.45, 7) is 3.74. The van der Waals surface area contributed by atoms with Crippen LogP contribution in [0.4, 0.5) is 0 Å². The van der Waals surface area contributed by atoms with Gasteiger partial charge in [0.15, 0.2) is 5.69 Å². The molecule has 1 aliphatic rings. The van der Waals surface area contributed by atoms with Gasteiger partial charge in [-0.25, -0.2) is 4.68 Å². The molecule has 0 aliphatic carbocycles. The number of hydrogen-bond acceptors (Lipinski definition) is 4. The normalized spacial score (nSPS) is 14.7. The van der Waals surface area contributed by atoms with Gasteiger partial charge in [0.05, 0.1) is 11.9 Å². The van der Waals surface area contributed by atoms with Gasteiger partial charge in [-0.15, -0.1) is 5.10 Å². The van der Waals surface area contributed by atoms with Crippen LogP contribution in [0.25, 0.3) is 5.69 Å². The van der Waals surface area contributed by atoms with Crippen LogP contribution < -0.4 is 5.32 Å². The van der Waals surface area contributed by atoms with E-state index in [0.29, 0.717) is 12.2 Å². The van der Waals surface area contributed by atoms with E-state index >= 15 is 0 Å². The van der Waals surface area contributed by atoms with Crippen LogP contribution in [0, 0.1) is 0 Å². The van der Waals surface area contributed by atoms with E-state index < -0.39 is 0 Å². The summed E-state index contributed by atoms with van der Waals surface area (Å²) in [6, 6.07) is 18.0. The van der Waals surface area contributed by atoms with Crippen molar-refractivity contribution in [3.05, 3.63) is 77.6 Å². The van der Waals surface area contributed by atoms with E-state index in [1.165, 1.54) is 24.8 Å². The zero-order valence-corrected chi connectivity index (χ0v) is 15.9. The first kappa shape index (κ1) is 18.4. The molecule has 2 aromatic carbocycles. The molecule has 144 valence electrons. The number of carbonyl (C=O) groups is 1. The summed E-state index contributed by atoms with van der Waals surface area (Å²) >= 11 is 0. The van der Waals surface area contributed by atoms with Crippen molar-refractivity contribution in [2.45, 2.75) is 32.4 Å². The smallest absolute Gasteiger partial charge is 0.273 e. The van der Waals surface area contributed by atoms with Crippen LogP contribution in [-0.4, -0.2) is 38.9 Å². The standard InChI is InChI=1S/C22H25N5O/c28-22(21-17-27(25-24-21)20-11-3-1-4-12-20)23-15-18-9-5-6-10-19(18)16-26-13-7-2-8-14-26/h1,3-6,9-12,17H,2,7-8,13-16H2,(H,23,28). The number of para-hydroxylation sites is 1. The topological polar surface area (TPSA) is 63.1 Å². The van der Waals surface area contributed by atoms with E-state index in [1.54, 1.807) is 10.9 Å². The molecule has 1 saturated heterocycles. The fourth-order valence-electron chi connectivity index (χ4n) is 3.58. The third kappa shape index (κ3) is 4.46. The highest BCUT2D eigenvalue weighted by Gasteiger charge is 2.14. The molecule has 4 rings (SSSR count). The van der Waals surface area contributed by atoms with Gasteiger partial charge in [0, 0.05) is 13.1 Å². The Hall–Kier alpha value is -2.99. The van der Waals surface area contributed by atoms with Gasteiger partial charge in [-0.1, -0.05) is 54.1 Å². The Labute approximate surface area is 165 Å². The first-order chi connectivity index (χ1) is 13.8.